The van der Waals surface area contributed by atoms with E-state index in [2.05, 4.69) is 44.0 Å². The minimum absolute atomic E-state index is 0. The Balaban J connectivity index is 0.00000512. The first-order chi connectivity index (χ1) is 14.6. The van der Waals surface area contributed by atoms with E-state index in [1.807, 2.05) is 6.07 Å². The first-order valence-corrected chi connectivity index (χ1v) is 12.8. The Labute approximate surface area is 217 Å². The molecule has 0 fully saturated rings. The van der Waals surface area contributed by atoms with Gasteiger partial charge in [0.05, 0.1) is 19.1 Å². The normalized spacial score (nSPS) is 19.8. The van der Waals surface area contributed by atoms with Crippen LogP contribution in [0.5, 0.6) is 0 Å². The van der Waals surface area contributed by atoms with Gasteiger partial charge in [0.25, 0.3) is 0 Å². The SMILES string of the molecule is CC(=CCCC(CCCc1ccoc1)COS(=O)(=O)[O-])CCC1C(C)=CCCC1(C)C.[Na+]. The van der Waals surface area contributed by atoms with Crippen molar-refractivity contribution in [3.63, 3.8) is 0 Å². The van der Waals surface area contributed by atoms with E-state index in [1.165, 1.54) is 30.4 Å². The van der Waals surface area contributed by atoms with E-state index >= 15 is 0 Å². The second kappa shape index (κ2) is 14.1. The maximum atomic E-state index is 10.9. The second-order valence-electron chi connectivity index (χ2n) is 9.78. The van der Waals surface area contributed by atoms with E-state index in [0.29, 0.717) is 11.3 Å². The van der Waals surface area contributed by atoms with Crippen molar-refractivity contribution in [1.82, 2.24) is 0 Å². The molecule has 1 aromatic heterocycles. The second-order valence-corrected chi connectivity index (χ2v) is 10.8. The van der Waals surface area contributed by atoms with Gasteiger partial charge in [0.15, 0.2) is 0 Å². The van der Waals surface area contributed by atoms with Crippen LogP contribution in [0, 0.1) is 17.3 Å². The van der Waals surface area contributed by atoms with Crippen molar-refractivity contribution in [2.75, 3.05) is 6.61 Å². The van der Waals surface area contributed by atoms with Crippen molar-refractivity contribution in [1.29, 1.82) is 0 Å². The van der Waals surface area contributed by atoms with Gasteiger partial charge in [-0.05, 0) is 101 Å². The Morgan fingerprint density at radius 3 is 2.75 bits per heavy atom. The molecule has 2 unspecified atom stereocenters. The molecule has 32 heavy (non-hydrogen) atoms. The van der Waals surface area contributed by atoms with E-state index in [1.54, 1.807) is 12.5 Å². The van der Waals surface area contributed by atoms with Crippen LogP contribution < -0.4 is 29.6 Å². The van der Waals surface area contributed by atoms with Crippen LogP contribution in [-0.4, -0.2) is 19.6 Å². The molecule has 0 aromatic carbocycles. The molecule has 0 N–H and O–H groups in total. The van der Waals surface area contributed by atoms with Crippen LogP contribution in [0.15, 0.2) is 46.3 Å². The summed E-state index contributed by atoms with van der Waals surface area (Å²) in [4.78, 5) is 0. The third-order valence-electron chi connectivity index (χ3n) is 6.75. The summed E-state index contributed by atoms with van der Waals surface area (Å²) in [5, 5.41) is 0. The Hall–Kier alpha value is -0.370. The third kappa shape index (κ3) is 11.2. The van der Waals surface area contributed by atoms with Crippen molar-refractivity contribution in [2.45, 2.75) is 85.5 Å². The summed E-state index contributed by atoms with van der Waals surface area (Å²) in [5.74, 6) is 0.679. The van der Waals surface area contributed by atoms with Gasteiger partial charge in [-0.3, -0.25) is 4.18 Å². The van der Waals surface area contributed by atoms with Crippen molar-refractivity contribution in [2.24, 2.45) is 17.3 Å². The summed E-state index contributed by atoms with van der Waals surface area (Å²) < 4.78 is 42.3. The van der Waals surface area contributed by atoms with Gasteiger partial charge in [0.1, 0.15) is 0 Å². The average molecular weight is 475 g/mol. The maximum Gasteiger partial charge on any atom is 1.00 e. The van der Waals surface area contributed by atoms with Crippen LogP contribution in [0.25, 0.3) is 0 Å². The molecule has 1 heterocycles. The molecule has 176 valence electrons. The van der Waals surface area contributed by atoms with Gasteiger partial charge in [-0.2, -0.15) is 0 Å². The third-order valence-corrected chi connectivity index (χ3v) is 7.17. The molecule has 0 saturated carbocycles. The van der Waals surface area contributed by atoms with Crippen LogP contribution in [-0.2, 0) is 21.0 Å². The zero-order chi connectivity index (χ0) is 22.9. The summed E-state index contributed by atoms with van der Waals surface area (Å²) in [6.45, 7) is 9.17. The Kier molecular flexibility index (Phi) is 13.1. The molecule has 0 spiro atoms. The van der Waals surface area contributed by atoms with Crippen molar-refractivity contribution in [3.8, 4) is 0 Å². The van der Waals surface area contributed by atoms with E-state index in [9.17, 15) is 13.0 Å². The quantitative estimate of drug-likeness (QED) is 0.189. The molecule has 5 nitrogen and oxygen atoms in total. The molecular formula is C25H39NaO5S. The van der Waals surface area contributed by atoms with Gasteiger partial charge < -0.3 is 8.97 Å². The average Bonchev–Trinajstić information content (AvgIpc) is 3.17. The summed E-state index contributed by atoms with van der Waals surface area (Å²) in [5.41, 5.74) is 4.39. The predicted molar refractivity (Wildman–Crippen MR) is 123 cm³/mol. The van der Waals surface area contributed by atoms with Crippen LogP contribution in [0.4, 0.5) is 0 Å². The van der Waals surface area contributed by atoms with Crippen LogP contribution in [0.3, 0.4) is 0 Å². The van der Waals surface area contributed by atoms with Crippen molar-refractivity contribution >= 4 is 10.4 Å². The molecule has 1 aliphatic rings. The molecule has 0 bridgehead atoms. The molecular weight excluding hydrogens is 435 g/mol. The van der Waals surface area contributed by atoms with E-state index in [0.717, 1.165) is 44.1 Å². The molecule has 2 atom stereocenters. The minimum Gasteiger partial charge on any atom is -0.726 e. The van der Waals surface area contributed by atoms with Crippen molar-refractivity contribution in [3.05, 3.63) is 47.5 Å². The molecule has 0 saturated heterocycles. The standard InChI is InChI=1S/C25H40O5S.Na/c1-20(13-14-24-21(2)9-7-16-25(24,3)4)8-5-10-22(19-30-31(26,27)28)11-6-12-23-15-17-29-18-23;/h8-9,15,17-18,22,24H,5-7,10-14,16,19H2,1-4H3,(H,26,27,28);/q;+1/p-1. The largest absolute Gasteiger partial charge is 1.00 e. The number of hydrogen-bond acceptors (Lipinski definition) is 5. The molecule has 1 aliphatic carbocycles. The number of furan rings is 1. The molecule has 1 aromatic rings. The van der Waals surface area contributed by atoms with Crippen LogP contribution in [0.1, 0.15) is 84.6 Å². The summed E-state index contributed by atoms with van der Waals surface area (Å²) >= 11 is 0. The fourth-order valence-electron chi connectivity index (χ4n) is 4.78. The first-order valence-electron chi connectivity index (χ1n) is 11.5. The Bertz CT molecular complexity index is 825. The van der Waals surface area contributed by atoms with Crippen LogP contribution >= 0.6 is 0 Å². The van der Waals surface area contributed by atoms with E-state index in [-0.39, 0.29) is 42.1 Å². The zero-order valence-corrected chi connectivity index (χ0v) is 23.4. The zero-order valence-electron chi connectivity index (χ0n) is 20.6. The van der Waals surface area contributed by atoms with Gasteiger partial charge in [-0.1, -0.05) is 37.1 Å². The van der Waals surface area contributed by atoms with Crippen LogP contribution in [0.2, 0.25) is 0 Å². The van der Waals surface area contributed by atoms with E-state index < -0.39 is 10.4 Å². The molecule has 2 rings (SSSR count). The number of aryl methyl sites for hydroxylation is 1. The number of hydrogen-bond donors (Lipinski definition) is 0. The summed E-state index contributed by atoms with van der Waals surface area (Å²) in [6, 6.07) is 1.93. The topological polar surface area (TPSA) is 79.6 Å². The number of allylic oxidation sites excluding steroid dienone is 4. The first kappa shape index (κ1) is 29.7. The minimum atomic E-state index is -4.65. The smallest absolute Gasteiger partial charge is 0.726 e. The monoisotopic (exact) mass is 474 g/mol. The van der Waals surface area contributed by atoms with Gasteiger partial charge in [-0.25, -0.2) is 8.42 Å². The summed E-state index contributed by atoms with van der Waals surface area (Å²) in [6.07, 6.45) is 17.0. The Morgan fingerprint density at radius 1 is 1.38 bits per heavy atom. The number of rotatable bonds is 13. The fraction of sp³-hybridized carbons (Fsp3) is 0.680. The van der Waals surface area contributed by atoms with Gasteiger partial charge in [0.2, 0.25) is 10.4 Å². The summed E-state index contributed by atoms with van der Waals surface area (Å²) in [7, 11) is -4.65. The molecule has 0 amide bonds. The molecule has 0 radical (unpaired) electrons. The van der Waals surface area contributed by atoms with Crippen molar-refractivity contribution < 1.29 is 51.1 Å². The van der Waals surface area contributed by atoms with E-state index in [4.69, 9.17) is 4.42 Å². The van der Waals surface area contributed by atoms with Gasteiger partial charge in [-0.15, -0.1) is 0 Å². The fourth-order valence-corrected chi connectivity index (χ4v) is 5.14. The molecule has 0 aliphatic heterocycles. The Morgan fingerprint density at radius 2 is 2.12 bits per heavy atom. The molecule has 7 heteroatoms. The maximum absolute atomic E-state index is 10.9. The van der Waals surface area contributed by atoms with Gasteiger partial charge in [0, 0.05) is 0 Å². The van der Waals surface area contributed by atoms with Gasteiger partial charge >= 0.3 is 29.6 Å². The predicted octanol–water partition coefficient (Wildman–Crippen LogP) is 3.59.